The average molecular weight is 240 g/mol. The lowest BCUT2D eigenvalue weighted by Crippen LogP contribution is -2.21. The molecule has 1 aromatic rings. The molecule has 0 saturated carbocycles. The van der Waals surface area contributed by atoms with Crippen molar-refractivity contribution in [1.29, 1.82) is 0 Å². The van der Waals surface area contributed by atoms with Gasteiger partial charge in [0, 0.05) is 27.1 Å². The molecule has 0 fully saturated rings. The number of aryl methyl sites for hydroxylation is 1. The Bertz CT molecular complexity index is 379. The van der Waals surface area contributed by atoms with Gasteiger partial charge in [-0.15, -0.1) is 5.10 Å². The third-order valence-electron chi connectivity index (χ3n) is 2.44. The number of aliphatic hydroxyl groups is 1. The summed E-state index contributed by atoms with van der Waals surface area (Å²) < 4.78 is 1.65. The van der Waals surface area contributed by atoms with E-state index in [2.05, 4.69) is 10.3 Å². The minimum absolute atomic E-state index is 0.104. The fraction of sp³-hybridized carbons (Fsp3) is 0.727. The predicted octanol–water partition coefficient (Wildman–Crippen LogP) is 0.374. The van der Waals surface area contributed by atoms with E-state index in [9.17, 15) is 9.90 Å². The topological polar surface area (TPSA) is 71.2 Å². The van der Waals surface area contributed by atoms with Gasteiger partial charge in [-0.3, -0.25) is 9.48 Å². The van der Waals surface area contributed by atoms with Crippen molar-refractivity contribution in [2.45, 2.75) is 38.8 Å². The van der Waals surface area contributed by atoms with E-state index in [1.54, 1.807) is 43.7 Å². The highest BCUT2D eigenvalue weighted by Crippen LogP contribution is 2.15. The Morgan fingerprint density at radius 2 is 2.18 bits per heavy atom. The van der Waals surface area contributed by atoms with Crippen molar-refractivity contribution in [3.05, 3.63) is 11.9 Å². The highest BCUT2D eigenvalue weighted by molar-refractivity contribution is 5.75. The van der Waals surface area contributed by atoms with Crippen LogP contribution in [0.1, 0.15) is 32.4 Å². The maximum absolute atomic E-state index is 11.3. The second kappa shape index (κ2) is 5.27. The second-order valence-electron chi connectivity index (χ2n) is 4.82. The molecule has 17 heavy (non-hydrogen) atoms. The van der Waals surface area contributed by atoms with Gasteiger partial charge < -0.3 is 10.0 Å². The summed E-state index contributed by atoms with van der Waals surface area (Å²) >= 11 is 0. The molecule has 1 aromatic heterocycles. The lowest BCUT2D eigenvalue weighted by Gasteiger charge is -2.12. The van der Waals surface area contributed by atoms with Crippen LogP contribution in [0, 0.1) is 0 Å². The molecule has 1 amide bonds. The highest BCUT2D eigenvalue weighted by atomic mass is 16.3. The molecular formula is C11H20N4O2. The third-order valence-corrected chi connectivity index (χ3v) is 2.44. The fourth-order valence-electron chi connectivity index (χ4n) is 1.30. The zero-order valence-corrected chi connectivity index (χ0v) is 10.8. The van der Waals surface area contributed by atoms with Crippen molar-refractivity contribution >= 4 is 5.91 Å². The summed E-state index contributed by atoms with van der Waals surface area (Å²) in [6, 6.07) is 0. The number of rotatable bonds is 5. The zero-order valence-electron chi connectivity index (χ0n) is 10.8. The van der Waals surface area contributed by atoms with Gasteiger partial charge in [0.1, 0.15) is 11.3 Å². The van der Waals surface area contributed by atoms with Crippen molar-refractivity contribution in [3.8, 4) is 0 Å². The molecule has 0 spiro atoms. The summed E-state index contributed by atoms with van der Waals surface area (Å²) in [4.78, 5) is 12.9. The Labute approximate surface area is 101 Å². The minimum atomic E-state index is -0.974. The van der Waals surface area contributed by atoms with Gasteiger partial charge in [0.05, 0.1) is 6.20 Å². The van der Waals surface area contributed by atoms with Gasteiger partial charge in [-0.05, 0) is 20.3 Å². The van der Waals surface area contributed by atoms with Crippen molar-refractivity contribution < 1.29 is 9.90 Å². The van der Waals surface area contributed by atoms with Crippen molar-refractivity contribution in [2.75, 3.05) is 14.1 Å². The smallest absolute Gasteiger partial charge is 0.222 e. The Morgan fingerprint density at radius 1 is 1.53 bits per heavy atom. The predicted molar refractivity (Wildman–Crippen MR) is 63.2 cm³/mol. The number of amides is 1. The lowest BCUT2D eigenvalue weighted by atomic mass is 10.1. The van der Waals surface area contributed by atoms with Crippen LogP contribution in [-0.4, -0.2) is 45.0 Å². The minimum Gasteiger partial charge on any atom is -0.384 e. The van der Waals surface area contributed by atoms with Crippen LogP contribution in [0.15, 0.2) is 6.20 Å². The fourth-order valence-corrected chi connectivity index (χ4v) is 1.30. The summed E-state index contributed by atoms with van der Waals surface area (Å²) in [6.45, 7) is 3.95. The number of carbonyl (C=O) groups excluding carboxylic acids is 1. The van der Waals surface area contributed by atoms with Gasteiger partial charge in [0.15, 0.2) is 0 Å². The van der Waals surface area contributed by atoms with Gasteiger partial charge in [-0.25, -0.2) is 0 Å². The van der Waals surface area contributed by atoms with E-state index in [0.717, 1.165) is 0 Å². The molecule has 0 aliphatic rings. The maximum Gasteiger partial charge on any atom is 0.222 e. The number of aromatic nitrogens is 3. The van der Waals surface area contributed by atoms with Crippen LogP contribution in [-0.2, 0) is 16.9 Å². The average Bonchev–Trinajstić information content (AvgIpc) is 2.65. The molecule has 1 rings (SSSR count). The number of hydrogen-bond acceptors (Lipinski definition) is 4. The van der Waals surface area contributed by atoms with Crippen LogP contribution in [0.3, 0.4) is 0 Å². The standard InChI is InChI=1S/C11H20N4O2/c1-11(2,17)9-8-15(13-12-9)7-5-6-10(16)14(3)4/h8,17H,5-7H2,1-4H3. The second-order valence-corrected chi connectivity index (χ2v) is 4.82. The van der Waals surface area contributed by atoms with Crippen LogP contribution in [0.2, 0.25) is 0 Å². The molecule has 6 heteroatoms. The maximum atomic E-state index is 11.3. The molecule has 0 aliphatic heterocycles. The van der Waals surface area contributed by atoms with Gasteiger partial charge in [0.25, 0.3) is 0 Å². The van der Waals surface area contributed by atoms with Gasteiger partial charge in [0.2, 0.25) is 5.91 Å². The Hall–Kier alpha value is -1.43. The van der Waals surface area contributed by atoms with E-state index in [-0.39, 0.29) is 5.91 Å². The van der Waals surface area contributed by atoms with E-state index in [4.69, 9.17) is 0 Å². The van der Waals surface area contributed by atoms with E-state index in [0.29, 0.717) is 25.1 Å². The van der Waals surface area contributed by atoms with Gasteiger partial charge >= 0.3 is 0 Å². The summed E-state index contributed by atoms with van der Waals surface area (Å²) in [6.07, 6.45) is 2.91. The molecule has 0 aliphatic carbocycles. The lowest BCUT2D eigenvalue weighted by molar-refractivity contribution is -0.128. The van der Waals surface area contributed by atoms with Crippen molar-refractivity contribution in [1.82, 2.24) is 19.9 Å². The van der Waals surface area contributed by atoms with E-state index < -0.39 is 5.60 Å². The molecule has 0 bridgehead atoms. The molecule has 96 valence electrons. The quantitative estimate of drug-likeness (QED) is 0.807. The van der Waals surface area contributed by atoms with E-state index in [1.165, 1.54) is 0 Å². The molecule has 0 saturated heterocycles. The van der Waals surface area contributed by atoms with Gasteiger partial charge in [-0.2, -0.15) is 0 Å². The number of hydrogen-bond donors (Lipinski definition) is 1. The van der Waals surface area contributed by atoms with Crippen LogP contribution in [0.4, 0.5) is 0 Å². The first-order valence-electron chi connectivity index (χ1n) is 5.64. The summed E-state index contributed by atoms with van der Waals surface area (Å²) in [7, 11) is 3.48. The van der Waals surface area contributed by atoms with Gasteiger partial charge in [-0.1, -0.05) is 5.21 Å². The van der Waals surface area contributed by atoms with Crippen molar-refractivity contribution in [2.24, 2.45) is 0 Å². The molecule has 1 heterocycles. The summed E-state index contributed by atoms with van der Waals surface area (Å²) in [5.74, 6) is 0.104. The molecule has 0 unspecified atom stereocenters. The monoisotopic (exact) mass is 240 g/mol. The molecule has 6 nitrogen and oxygen atoms in total. The summed E-state index contributed by atoms with van der Waals surface area (Å²) in [5.41, 5.74) is -0.436. The zero-order chi connectivity index (χ0) is 13.1. The molecule has 0 aromatic carbocycles. The van der Waals surface area contributed by atoms with E-state index >= 15 is 0 Å². The Kier molecular flexibility index (Phi) is 4.22. The largest absolute Gasteiger partial charge is 0.384 e. The van der Waals surface area contributed by atoms with Crippen molar-refractivity contribution in [3.63, 3.8) is 0 Å². The molecule has 0 atom stereocenters. The molecule has 1 N–H and O–H groups in total. The SMILES string of the molecule is CN(C)C(=O)CCCn1cc(C(C)(C)O)nn1. The highest BCUT2D eigenvalue weighted by Gasteiger charge is 2.19. The number of nitrogens with zero attached hydrogens (tertiary/aromatic N) is 4. The van der Waals surface area contributed by atoms with Crippen LogP contribution in [0.25, 0.3) is 0 Å². The normalized spacial score (nSPS) is 11.6. The first-order chi connectivity index (χ1) is 7.80. The number of carbonyl (C=O) groups is 1. The molecule has 0 radical (unpaired) electrons. The molecular weight excluding hydrogens is 220 g/mol. The van der Waals surface area contributed by atoms with Crippen LogP contribution >= 0.6 is 0 Å². The van der Waals surface area contributed by atoms with Crippen LogP contribution in [0.5, 0.6) is 0 Å². The van der Waals surface area contributed by atoms with E-state index in [1.807, 2.05) is 0 Å². The third kappa shape index (κ3) is 4.14. The first kappa shape index (κ1) is 13.6. The first-order valence-corrected chi connectivity index (χ1v) is 5.64. The summed E-state index contributed by atoms with van der Waals surface area (Å²) in [5, 5.41) is 17.5. The van der Waals surface area contributed by atoms with Crippen LogP contribution < -0.4 is 0 Å². The Morgan fingerprint density at radius 3 is 2.65 bits per heavy atom. The Balaban J connectivity index is 2.43.